The smallest absolute Gasteiger partial charge is 0.363 e. The predicted molar refractivity (Wildman–Crippen MR) is 91.3 cm³/mol. The number of carbonyl (C=O) groups excluding carboxylic acids is 1. The minimum atomic E-state index is -0.471. The van der Waals surface area contributed by atoms with E-state index in [4.69, 9.17) is 14.2 Å². The Hall–Kier alpha value is -3.08. The van der Waals surface area contributed by atoms with Crippen molar-refractivity contribution in [1.82, 2.24) is 0 Å². The van der Waals surface area contributed by atoms with E-state index >= 15 is 0 Å². The van der Waals surface area contributed by atoms with Crippen molar-refractivity contribution in [2.75, 3.05) is 14.2 Å². The first-order chi connectivity index (χ1) is 11.6. The third-order valence-corrected chi connectivity index (χ3v) is 3.66. The number of aryl methyl sites for hydroxylation is 1. The fourth-order valence-corrected chi connectivity index (χ4v) is 2.44. The third-order valence-electron chi connectivity index (χ3n) is 3.66. The number of methoxy groups -OCH3 is 2. The van der Waals surface area contributed by atoms with Crippen LogP contribution in [0.1, 0.15) is 16.7 Å². The van der Waals surface area contributed by atoms with Gasteiger partial charge in [0, 0.05) is 5.56 Å². The minimum absolute atomic E-state index is 0.261. The number of rotatable bonds is 4. The second kappa shape index (κ2) is 6.58. The number of carbonyl (C=O) groups is 1. The van der Waals surface area contributed by atoms with Crippen molar-refractivity contribution >= 4 is 17.9 Å². The van der Waals surface area contributed by atoms with Gasteiger partial charge in [0.25, 0.3) is 0 Å². The molecule has 0 unspecified atom stereocenters. The molecule has 0 saturated heterocycles. The molecule has 5 nitrogen and oxygen atoms in total. The summed E-state index contributed by atoms with van der Waals surface area (Å²) in [5, 5.41) is 0. The topological polar surface area (TPSA) is 57.1 Å². The molecule has 24 heavy (non-hydrogen) atoms. The number of nitrogens with zero attached hydrogens (tertiary/aromatic N) is 1. The molecule has 0 aliphatic carbocycles. The quantitative estimate of drug-likeness (QED) is 0.639. The van der Waals surface area contributed by atoms with E-state index in [1.807, 2.05) is 43.3 Å². The maximum Gasteiger partial charge on any atom is 0.363 e. The van der Waals surface area contributed by atoms with Gasteiger partial charge < -0.3 is 14.2 Å². The van der Waals surface area contributed by atoms with Crippen molar-refractivity contribution in [1.29, 1.82) is 0 Å². The number of benzene rings is 2. The highest BCUT2D eigenvalue weighted by atomic mass is 16.6. The zero-order valence-electron chi connectivity index (χ0n) is 13.7. The van der Waals surface area contributed by atoms with Crippen molar-refractivity contribution in [3.8, 4) is 11.5 Å². The number of aliphatic imine (C=N–C) groups is 1. The molecule has 0 fully saturated rings. The normalized spacial score (nSPS) is 15.2. The number of hydrogen-bond acceptors (Lipinski definition) is 5. The second-order valence-corrected chi connectivity index (χ2v) is 5.30. The van der Waals surface area contributed by atoms with Gasteiger partial charge in [0.2, 0.25) is 5.90 Å². The maximum absolute atomic E-state index is 12.1. The Morgan fingerprint density at radius 3 is 2.62 bits per heavy atom. The molecule has 1 heterocycles. The monoisotopic (exact) mass is 323 g/mol. The summed E-state index contributed by atoms with van der Waals surface area (Å²) in [7, 11) is 3.21. The largest absolute Gasteiger partial charge is 0.497 e. The molecular formula is C19H17NO4. The van der Waals surface area contributed by atoms with Crippen molar-refractivity contribution in [3.63, 3.8) is 0 Å². The number of cyclic esters (lactones) is 1. The average Bonchev–Trinajstić information content (AvgIpc) is 2.96. The molecule has 0 bridgehead atoms. The Bertz CT molecular complexity index is 852. The van der Waals surface area contributed by atoms with E-state index in [-0.39, 0.29) is 11.6 Å². The molecule has 0 N–H and O–H groups in total. The maximum atomic E-state index is 12.1. The van der Waals surface area contributed by atoms with Crippen LogP contribution in [0.15, 0.2) is 53.2 Å². The molecular weight excluding hydrogens is 306 g/mol. The van der Waals surface area contributed by atoms with Gasteiger partial charge in [-0.2, -0.15) is 0 Å². The van der Waals surface area contributed by atoms with Gasteiger partial charge >= 0.3 is 5.97 Å². The van der Waals surface area contributed by atoms with Crippen LogP contribution in [0.2, 0.25) is 0 Å². The van der Waals surface area contributed by atoms with Crippen LogP contribution in [0.4, 0.5) is 0 Å². The van der Waals surface area contributed by atoms with Crippen LogP contribution >= 0.6 is 0 Å². The van der Waals surface area contributed by atoms with Crippen LogP contribution in [0.25, 0.3) is 6.08 Å². The first-order valence-electron chi connectivity index (χ1n) is 7.42. The fourth-order valence-electron chi connectivity index (χ4n) is 2.44. The molecule has 0 aromatic heterocycles. The van der Waals surface area contributed by atoms with Gasteiger partial charge in [0.05, 0.1) is 14.2 Å². The molecule has 1 aliphatic heterocycles. The van der Waals surface area contributed by atoms with Crippen LogP contribution in [0, 0.1) is 6.92 Å². The number of ether oxygens (including phenoxy) is 3. The van der Waals surface area contributed by atoms with Crippen molar-refractivity contribution in [3.05, 3.63) is 64.9 Å². The lowest BCUT2D eigenvalue weighted by molar-refractivity contribution is -0.129. The lowest BCUT2D eigenvalue weighted by atomic mass is 10.1. The Labute approximate surface area is 140 Å². The zero-order valence-corrected chi connectivity index (χ0v) is 13.7. The highest BCUT2D eigenvalue weighted by molar-refractivity contribution is 6.13. The third kappa shape index (κ3) is 3.15. The molecule has 3 rings (SSSR count). The van der Waals surface area contributed by atoms with Gasteiger partial charge in [-0.05, 0) is 54.5 Å². The number of hydrogen-bond donors (Lipinski definition) is 0. The average molecular weight is 323 g/mol. The first-order valence-corrected chi connectivity index (χ1v) is 7.42. The standard InChI is InChI=1S/C19H17NO4/c1-12-9-13(7-8-17(12)23-3)10-16-19(21)24-18(20-16)14-5-4-6-15(11-14)22-2/h4-11H,1-3H3/b16-10+. The van der Waals surface area contributed by atoms with Crippen LogP contribution in [0.3, 0.4) is 0 Å². The SMILES string of the molecule is COc1cccc(C2=N/C(=C/c3ccc(OC)c(C)c3)C(=O)O2)c1. The van der Waals surface area contributed by atoms with Gasteiger partial charge in [0.1, 0.15) is 11.5 Å². The molecule has 0 amide bonds. The van der Waals surface area contributed by atoms with E-state index in [9.17, 15) is 4.79 Å². The summed E-state index contributed by atoms with van der Waals surface area (Å²) < 4.78 is 15.7. The molecule has 0 atom stereocenters. The summed E-state index contributed by atoms with van der Waals surface area (Å²) in [6.45, 7) is 1.94. The van der Waals surface area contributed by atoms with Gasteiger partial charge in [-0.15, -0.1) is 0 Å². The van der Waals surface area contributed by atoms with Gasteiger partial charge in [-0.25, -0.2) is 9.79 Å². The molecule has 0 spiro atoms. The summed E-state index contributed by atoms with van der Waals surface area (Å²) >= 11 is 0. The van der Waals surface area contributed by atoms with Crippen molar-refractivity contribution < 1.29 is 19.0 Å². The minimum Gasteiger partial charge on any atom is -0.497 e. The second-order valence-electron chi connectivity index (χ2n) is 5.30. The molecule has 1 aliphatic rings. The lowest BCUT2D eigenvalue weighted by Crippen LogP contribution is -2.05. The van der Waals surface area contributed by atoms with E-state index < -0.39 is 5.97 Å². The molecule has 2 aromatic carbocycles. The van der Waals surface area contributed by atoms with E-state index in [1.54, 1.807) is 26.4 Å². The van der Waals surface area contributed by atoms with Gasteiger partial charge in [0.15, 0.2) is 5.70 Å². The van der Waals surface area contributed by atoms with Crippen LogP contribution in [-0.2, 0) is 9.53 Å². The highest BCUT2D eigenvalue weighted by Crippen LogP contribution is 2.24. The van der Waals surface area contributed by atoms with Crippen molar-refractivity contribution in [2.45, 2.75) is 6.92 Å². The Morgan fingerprint density at radius 2 is 1.92 bits per heavy atom. The van der Waals surface area contributed by atoms with E-state index in [2.05, 4.69) is 4.99 Å². The van der Waals surface area contributed by atoms with Crippen molar-refractivity contribution in [2.24, 2.45) is 4.99 Å². The summed E-state index contributed by atoms with van der Waals surface area (Å²) in [5.41, 5.74) is 2.79. The number of esters is 1. The fraction of sp³-hybridized carbons (Fsp3) is 0.158. The Balaban J connectivity index is 1.92. The zero-order chi connectivity index (χ0) is 17.1. The molecule has 0 radical (unpaired) electrons. The summed E-state index contributed by atoms with van der Waals surface area (Å²) in [5.74, 6) is 1.28. The first kappa shape index (κ1) is 15.8. The Morgan fingerprint density at radius 1 is 1.08 bits per heavy atom. The molecule has 5 heteroatoms. The summed E-state index contributed by atoms with van der Waals surface area (Å²) in [6.07, 6.45) is 1.70. The van der Waals surface area contributed by atoms with Crippen LogP contribution < -0.4 is 9.47 Å². The summed E-state index contributed by atoms with van der Waals surface area (Å²) in [6, 6.07) is 12.9. The van der Waals surface area contributed by atoms with E-state index in [0.29, 0.717) is 11.3 Å². The molecule has 0 saturated carbocycles. The lowest BCUT2D eigenvalue weighted by Gasteiger charge is -2.04. The van der Waals surface area contributed by atoms with E-state index in [0.717, 1.165) is 16.9 Å². The molecule has 2 aromatic rings. The van der Waals surface area contributed by atoms with Gasteiger partial charge in [-0.1, -0.05) is 12.1 Å². The Kier molecular flexibility index (Phi) is 4.33. The highest BCUT2D eigenvalue weighted by Gasteiger charge is 2.24. The van der Waals surface area contributed by atoms with Crippen LogP contribution in [-0.4, -0.2) is 26.1 Å². The van der Waals surface area contributed by atoms with E-state index in [1.165, 1.54) is 0 Å². The van der Waals surface area contributed by atoms with Crippen LogP contribution in [0.5, 0.6) is 11.5 Å². The molecule has 122 valence electrons. The predicted octanol–water partition coefficient (Wildman–Crippen LogP) is 3.36. The summed E-state index contributed by atoms with van der Waals surface area (Å²) in [4.78, 5) is 16.4. The van der Waals surface area contributed by atoms with Gasteiger partial charge in [-0.3, -0.25) is 0 Å².